The van der Waals surface area contributed by atoms with E-state index >= 15 is 0 Å². The van der Waals surface area contributed by atoms with Crippen LogP contribution < -0.4 is 10.0 Å². The SMILES string of the molecule is CCS(=O)(=O)Nc1ccc(C(=O)N2CCC3(CC2)CNC(=O)O3)cc1. The Kier molecular flexibility index (Phi) is 4.59. The molecule has 2 fully saturated rings. The van der Waals surface area contributed by atoms with Gasteiger partial charge in [0.05, 0.1) is 12.3 Å². The van der Waals surface area contributed by atoms with Gasteiger partial charge in [-0.2, -0.15) is 0 Å². The van der Waals surface area contributed by atoms with E-state index in [1.165, 1.54) is 0 Å². The lowest BCUT2D eigenvalue weighted by Gasteiger charge is -2.37. The van der Waals surface area contributed by atoms with Gasteiger partial charge < -0.3 is 15.0 Å². The Morgan fingerprint density at radius 1 is 1.28 bits per heavy atom. The second kappa shape index (κ2) is 6.55. The van der Waals surface area contributed by atoms with Crippen LogP contribution >= 0.6 is 0 Å². The Morgan fingerprint density at radius 3 is 2.44 bits per heavy atom. The average Bonchev–Trinajstić information content (AvgIpc) is 2.96. The van der Waals surface area contributed by atoms with Crippen molar-refractivity contribution in [2.45, 2.75) is 25.4 Å². The van der Waals surface area contributed by atoms with Gasteiger partial charge in [-0.15, -0.1) is 0 Å². The molecule has 0 saturated carbocycles. The summed E-state index contributed by atoms with van der Waals surface area (Å²) >= 11 is 0. The summed E-state index contributed by atoms with van der Waals surface area (Å²) in [5.74, 6) is -0.125. The molecule has 136 valence electrons. The first-order chi connectivity index (χ1) is 11.8. The summed E-state index contributed by atoms with van der Waals surface area (Å²) in [6.45, 7) is 3.07. The summed E-state index contributed by atoms with van der Waals surface area (Å²) in [6, 6.07) is 6.37. The molecule has 2 aliphatic rings. The van der Waals surface area contributed by atoms with Gasteiger partial charge in [0.25, 0.3) is 5.91 Å². The third-order valence-corrected chi connectivity index (χ3v) is 5.92. The first-order valence-electron chi connectivity index (χ1n) is 8.19. The summed E-state index contributed by atoms with van der Waals surface area (Å²) in [6.07, 6.45) is 0.808. The van der Waals surface area contributed by atoms with E-state index in [0.29, 0.717) is 43.7 Å². The van der Waals surface area contributed by atoms with E-state index in [1.807, 2.05) is 0 Å². The largest absolute Gasteiger partial charge is 0.441 e. The fraction of sp³-hybridized carbons (Fsp3) is 0.500. The fourth-order valence-electron chi connectivity index (χ4n) is 3.01. The maximum Gasteiger partial charge on any atom is 0.407 e. The van der Waals surface area contributed by atoms with Crippen LogP contribution in [0, 0.1) is 0 Å². The van der Waals surface area contributed by atoms with Crippen LogP contribution in [0.5, 0.6) is 0 Å². The molecular formula is C16H21N3O5S. The molecule has 1 aromatic rings. The number of amides is 2. The Labute approximate surface area is 146 Å². The van der Waals surface area contributed by atoms with Gasteiger partial charge in [-0.05, 0) is 31.2 Å². The highest BCUT2D eigenvalue weighted by Crippen LogP contribution is 2.29. The van der Waals surface area contributed by atoms with Gasteiger partial charge in [-0.25, -0.2) is 13.2 Å². The maximum atomic E-state index is 12.6. The van der Waals surface area contributed by atoms with Crippen molar-refractivity contribution in [2.75, 3.05) is 30.1 Å². The minimum absolute atomic E-state index is 0.0113. The van der Waals surface area contributed by atoms with Gasteiger partial charge in [0.15, 0.2) is 0 Å². The number of hydrogen-bond acceptors (Lipinski definition) is 5. The molecule has 1 aromatic carbocycles. The summed E-state index contributed by atoms with van der Waals surface area (Å²) in [5, 5.41) is 2.66. The number of carbonyl (C=O) groups is 2. The van der Waals surface area contributed by atoms with Gasteiger partial charge in [0.1, 0.15) is 5.60 Å². The van der Waals surface area contributed by atoms with Crippen LogP contribution in [0.1, 0.15) is 30.1 Å². The van der Waals surface area contributed by atoms with Crippen LogP contribution in [0.4, 0.5) is 10.5 Å². The lowest BCUT2D eigenvalue weighted by atomic mass is 9.91. The summed E-state index contributed by atoms with van der Waals surface area (Å²) in [4.78, 5) is 25.6. The molecule has 2 saturated heterocycles. The number of rotatable bonds is 4. The van der Waals surface area contributed by atoms with E-state index in [-0.39, 0.29) is 11.7 Å². The number of benzene rings is 1. The van der Waals surface area contributed by atoms with E-state index < -0.39 is 21.7 Å². The minimum atomic E-state index is -3.34. The quantitative estimate of drug-likeness (QED) is 0.831. The summed E-state index contributed by atoms with van der Waals surface area (Å²) in [7, 11) is -3.34. The van der Waals surface area contributed by atoms with E-state index in [9.17, 15) is 18.0 Å². The average molecular weight is 367 g/mol. The highest BCUT2D eigenvalue weighted by atomic mass is 32.2. The second-order valence-electron chi connectivity index (χ2n) is 6.30. The lowest BCUT2D eigenvalue weighted by molar-refractivity contribution is 0.00331. The zero-order chi connectivity index (χ0) is 18.1. The molecule has 8 nitrogen and oxygen atoms in total. The molecule has 25 heavy (non-hydrogen) atoms. The van der Waals surface area contributed by atoms with Crippen molar-refractivity contribution in [3.8, 4) is 0 Å². The van der Waals surface area contributed by atoms with E-state index in [2.05, 4.69) is 10.0 Å². The first kappa shape index (κ1) is 17.5. The maximum absolute atomic E-state index is 12.6. The van der Waals surface area contributed by atoms with Crippen LogP contribution in [0.2, 0.25) is 0 Å². The Morgan fingerprint density at radius 2 is 1.92 bits per heavy atom. The van der Waals surface area contributed by atoms with Crippen LogP contribution in [0.15, 0.2) is 24.3 Å². The molecule has 9 heteroatoms. The second-order valence-corrected chi connectivity index (χ2v) is 8.31. The van der Waals surface area contributed by atoms with E-state index in [4.69, 9.17) is 4.74 Å². The van der Waals surface area contributed by atoms with Crippen molar-refractivity contribution < 1.29 is 22.7 Å². The predicted octanol–water partition coefficient (Wildman–Crippen LogP) is 1.16. The van der Waals surface area contributed by atoms with Crippen LogP contribution in [-0.2, 0) is 14.8 Å². The predicted molar refractivity (Wildman–Crippen MR) is 91.9 cm³/mol. The van der Waals surface area contributed by atoms with Gasteiger partial charge in [0, 0.05) is 37.2 Å². The standard InChI is InChI=1S/C16H21N3O5S/c1-2-25(22,23)18-13-5-3-12(4-6-13)14(20)19-9-7-16(8-10-19)11-17-15(21)24-16/h3-6,18H,2,7-11H2,1H3,(H,17,21). The van der Waals surface area contributed by atoms with E-state index in [0.717, 1.165) is 0 Å². The lowest BCUT2D eigenvalue weighted by Crippen LogP contribution is -2.48. The zero-order valence-electron chi connectivity index (χ0n) is 13.9. The molecule has 2 aliphatic heterocycles. The molecule has 1 spiro atoms. The molecule has 0 radical (unpaired) electrons. The molecule has 0 bridgehead atoms. The van der Waals surface area contributed by atoms with Gasteiger partial charge in [-0.1, -0.05) is 0 Å². The number of nitrogens with one attached hydrogen (secondary N) is 2. The van der Waals surface area contributed by atoms with Crippen molar-refractivity contribution in [3.63, 3.8) is 0 Å². The van der Waals surface area contributed by atoms with Crippen LogP contribution in [0.3, 0.4) is 0 Å². The number of anilines is 1. The molecule has 0 aromatic heterocycles. The number of sulfonamides is 1. The third-order valence-electron chi connectivity index (χ3n) is 4.61. The number of likely N-dealkylation sites (tertiary alicyclic amines) is 1. The topological polar surface area (TPSA) is 105 Å². The number of alkyl carbamates (subject to hydrolysis) is 1. The summed E-state index contributed by atoms with van der Waals surface area (Å²) < 4.78 is 30.9. The molecule has 2 amide bonds. The van der Waals surface area contributed by atoms with Crippen molar-refractivity contribution in [1.82, 2.24) is 10.2 Å². The highest BCUT2D eigenvalue weighted by molar-refractivity contribution is 7.92. The first-order valence-corrected chi connectivity index (χ1v) is 9.84. The van der Waals surface area contributed by atoms with E-state index in [1.54, 1.807) is 36.1 Å². The van der Waals surface area contributed by atoms with Crippen molar-refractivity contribution in [2.24, 2.45) is 0 Å². The van der Waals surface area contributed by atoms with Crippen LogP contribution in [0.25, 0.3) is 0 Å². The number of carbonyl (C=O) groups excluding carboxylic acids is 2. The Balaban J connectivity index is 1.61. The third kappa shape index (κ3) is 3.87. The van der Waals surface area contributed by atoms with Crippen molar-refractivity contribution in [3.05, 3.63) is 29.8 Å². The molecule has 3 rings (SSSR count). The minimum Gasteiger partial charge on any atom is -0.441 e. The number of hydrogen-bond donors (Lipinski definition) is 2. The molecule has 0 aliphatic carbocycles. The zero-order valence-corrected chi connectivity index (χ0v) is 14.8. The number of ether oxygens (including phenoxy) is 1. The molecule has 0 unspecified atom stereocenters. The Hall–Kier alpha value is -2.29. The summed E-state index contributed by atoms with van der Waals surface area (Å²) in [5.41, 5.74) is 0.438. The monoisotopic (exact) mass is 367 g/mol. The van der Waals surface area contributed by atoms with Crippen molar-refractivity contribution >= 4 is 27.7 Å². The molecule has 2 heterocycles. The van der Waals surface area contributed by atoms with Crippen molar-refractivity contribution in [1.29, 1.82) is 0 Å². The highest BCUT2D eigenvalue weighted by Gasteiger charge is 2.43. The number of nitrogens with zero attached hydrogens (tertiary/aromatic N) is 1. The fourth-order valence-corrected chi connectivity index (χ4v) is 3.65. The van der Waals surface area contributed by atoms with Gasteiger partial charge >= 0.3 is 6.09 Å². The molecule has 0 atom stereocenters. The normalized spacial score (nSPS) is 19.4. The molecular weight excluding hydrogens is 346 g/mol. The smallest absolute Gasteiger partial charge is 0.407 e. The van der Waals surface area contributed by atoms with Gasteiger partial charge in [-0.3, -0.25) is 9.52 Å². The Bertz CT molecular complexity index is 767. The molecule has 2 N–H and O–H groups in total. The van der Waals surface area contributed by atoms with Gasteiger partial charge in [0.2, 0.25) is 10.0 Å². The van der Waals surface area contributed by atoms with Crippen LogP contribution in [-0.4, -0.2) is 56.3 Å². The number of piperidine rings is 1.